The summed E-state index contributed by atoms with van der Waals surface area (Å²) < 4.78 is 0. The van der Waals surface area contributed by atoms with E-state index in [0.29, 0.717) is 0 Å². The summed E-state index contributed by atoms with van der Waals surface area (Å²) in [6.07, 6.45) is 8.25. The van der Waals surface area contributed by atoms with E-state index in [-0.39, 0.29) is 24.8 Å². The van der Waals surface area contributed by atoms with E-state index in [1.54, 1.807) is 12.4 Å². The van der Waals surface area contributed by atoms with E-state index in [4.69, 9.17) is 0 Å². The zero-order valence-electron chi connectivity index (χ0n) is 7.38. The summed E-state index contributed by atoms with van der Waals surface area (Å²) in [5.41, 5.74) is 2.45. The van der Waals surface area contributed by atoms with Gasteiger partial charge in [0.15, 0.2) is 0 Å². The molecule has 1 N–H and O–H groups in total. The van der Waals surface area contributed by atoms with Gasteiger partial charge in [-0.15, -0.1) is 24.8 Å². The van der Waals surface area contributed by atoms with Crippen molar-refractivity contribution in [2.24, 2.45) is 0 Å². The number of hydrogen-bond acceptors (Lipinski definition) is 2. The van der Waals surface area contributed by atoms with Crippen molar-refractivity contribution in [1.29, 1.82) is 0 Å². The van der Waals surface area contributed by atoms with Crippen molar-refractivity contribution in [2.45, 2.75) is 6.42 Å². The molecule has 2 rings (SSSR count). The second-order valence-corrected chi connectivity index (χ2v) is 2.64. The molecule has 2 aromatic rings. The summed E-state index contributed by atoms with van der Waals surface area (Å²) in [7, 11) is 0. The first kappa shape index (κ1) is 12.9. The number of halogens is 2. The Bertz CT molecular complexity index is 334. The molecule has 0 aliphatic rings. The first-order valence-corrected chi connectivity index (χ1v) is 3.82. The molecule has 0 spiro atoms. The van der Waals surface area contributed by atoms with Gasteiger partial charge in [-0.05, 0) is 23.3 Å². The Balaban J connectivity index is 0.000000845. The predicted molar refractivity (Wildman–Crippen MR) is 60.1 cm³/mol. The molecule has 2 heterocycles. The van der Waals surface area contributed by atoms with Crippen LogP contribution >= 0.6 is 24.8 Å². The first-order valence-electron chi connectivity index (χ1n) is 3.82. The molecule has 0 fully saturated rings. The molecule has 0 atom stereocenters. The van der Waals surface area contributed by atoms with Crippen LogP contribution in [0.2, 0.25) is 0 Å². The molecule has 2 aromatic heterocycles. The van der Waals surface area contributed by atoms with Crippen LogP contribution in [0.25, 0.3) is 0 Å². The number of pyridine rings is 1. The SMILES string of the molecule is Cl.Cl.c1cc(Cc2cn[nH]c2)ccn1. The first-order chi connectivity index (χ1) is 5.95. The lowest BCUT2D eigenvalue weighted by atomic mass is 10.1. The maximum atomic E-state index is 3.95. The summed E-state index contributed by atoms with van der Waals surface area (Å²) in [6.45, 7) is 0. The Labute approximate surface area is 94.8 Å². The Morgan fingerprint density at radius 3 is 2.36 bits per heavy atom. The van der Waals surface area contributed by atoms with E-state index >= 15 is 0 Å². The van der Waals surface area contributed by atoms with Gasteiger partial charge in [-0.3, -0.25) is 10.1 Å². The minimum absolute atomic E-state index is 0. The van der Waals surface area contributed by atoms with Gasteiger partial charge in [0, 0.05) is 25.0 Å². The number of aromatic nitrogens is 3. The van der Waals surface area contributed by atoms with Crippen LogP contribution in [0.4, 0.5) is 0 Å². The largest absolute Gasteiger partial charge is 0.285 e. The topological polar surface area (TPSA) is 41.6 Å². The summed E-state index contributed by atoms with van der Waals surface area (Å²) in [6, 6.07) is 4.01. The second kappa shape index (κ2) is 6.40. The highest BCUT2D eigenvalue weighted by Gasteiger charge is 1.94. The average Bonchev–Trinajstić information content (AvgIpc) is 2.59. The van der Waals surface area contributed by atoms with Gasteiger partial charge < -0.3 is 0 Å². The third-order valence-electron chi connectivity index (χ3n) is 1.71. The summed E-state index contributed by atoms with van der Waals surface area (Å²) >= 11 is 0. The van der Waals surface area contributed by atoms with Crippen molar-refractivity contribution in [3.63, 3.8) is 0 Å². The van der Waals surface area contributed by atoms with Crippen LogP contribution in [0.5, 0.6) is 0 Å². The Morgan fingerprint density at radius 1 is 1.07 bits per heavy atom. The van der Waals surface area contributed by atoms with Crippen LogP contribution in [-0.4, -0.2) is 15.2 Å². The molecular formula is C9H11Cl2N3. The van der Waals surface area contributed by atoms with E-state index in [1.165, 1.54) is 11.1 Å². The van der Waals surface area contributed by atoms with Crippen LogP contribution in [0, 0.1) is 0 Å². The fraction of sp³-hybridized carbons (Fsp3) is 0.111. The zero-order chi connectivity index (χ0) is 8.23. The Morgan fingerprint density at radius 2 is 1.79 bits per heavy atom. The van der Waals surface area contributed by atoms with Crippen molar-refractivity contribution < 1.29 is 0 Å². The number of hydrogen-bond donors (Lipinski definition) is 1. The highest BCUT2D eigenvalue weighted by Crippen LogP contribution is 2.05. The molecule has 3 nitrogen and oxygen atoms in total. The van der Waals surface area contributed by atoms with Gasteiger partial charge in [0.25, 0.3) is 0 Å². The second-order valence-electron chi connectivity index (χ2n) is 2.64. The van der Waals surface area contributed by atoms with Crippen LogP contribution in [0.15, 0.2) is 36.9 Å². The molecule has 0 radical (unpaired) electrons. The number of H-pyrrole nitrogens is 1. The molecule has 0 amide bonds. The minimum atomic E-state index is 0. The summed E-state index contributed by atoms with van der Waals surface area (Å²) in [5.74, 6) is 0. The Hall–Kier alpha value is -1.06. The maximum absolute atomic E-state index is 3.95. The van der Waals surface area contributed by atoms with Crippen molar-refractivity contribution in [3.8, 4) is 0 Å². The van der Waals surface area contributed by atoms with Gasteiger partial charge in [0.1, 0.15) is 0 Å². The van der Waals surface area contributed by atoms with Gasteiger partial charge in [-0.2, -0.15) is 5.10 Å². The molecule has 0 aromatic carbocycles. The van der Waals surface area contributed by atoms with E-state index in [9.17, 15) is 0 Å². The molecule has 14 heavy (non-hydrogen) atoms. The molecule has 0 saturated heterocycles. The third-order valence-corrected chi connectivity index (χ3v) is 1.71. The smallest absolute Gasteiger partial charge is 0.0522 e. The molecule has 0 aliphatic carbocycles. The van der Waals surface area contributed by atoms with Gasteiger partial charge in [0.05, 0.1) is 6.20 Å². The van der Waals surface area contributed by atoms with Gasteiger partial charge in [-0.25, -0.2) is 0 Å². The van der Waals surface area contributed by atoms with Gasteiger partial charge >= 0.3 is 0 Å². The summed E-state index contributed by atoms with van der Waals surface area (Å²) in [5, 5.41) is 6.66. The number of nitrogens with one attached hydrogen (secondary N) is 1. The number of rotatable bonds is 2. The monoisotopic (exact) mass is 231 g/mol. The van der Waals surface area contributed by atoms with Crippen LogP contribution < -0.4 is 0 Å². The molecule has 0 unspecified atom stereocenters. The quantitative estimate of drug-likeness (QED) is 0.862. The van der Waals surface area contributed by atoms with E-state index in [1.807, 2.05) is 24.5 Å². The van der Waals surface area contributed by atoms with Gasteiger partial charge in [-0.1, -0.05) is 0 Å². The van der Waals surface area contributed by atoms with Crippen LogP contribution in [-0.2, 0) is 6.42 Å². The van der Waals surface area contributed by atoms with E-state index < -0.39 is 0 Å². The highest BCUT2D eigenvalue weighted by molar-refractivity contribution is 5.85. The van der Waals surface area contributed by atoms with Crippen LogP contribution in [0.3, 0.4) is 0 Å². The Kier molecular flexibility index (Phi) is 5.92. The van der Waals surface area contributed by atoms with Crippen molar-refractivity contribution in [1.82, 2.24) is 15.2 Å². The molecule has 0 bridgehead atoms. The third kappa shape index (κ3) is 3.36. The minimum Gasteiger partial charge on any atom is -0.285 e. The molecule has 0 saturated carbocycles. The fourth-order valence-electron chi connectivity index (χ4n) is 1.11. The normalized spacial score (nSPS) is 8.57. The molecule has 76 valence electrons. The highest BCUT2D eigenvalue weighted by atomic mass is 35.5. The lowest BCUT2D eigenvalue weighted by molar-refractivity contribution is 1.09. The zero-order valence-corrected chi connectivity index (χ0v) is 9.02. The van der Waals surface area contributed by atoms with Crippen molar-refractivity contribution in [2.75, 3.05) is 0 Å². The van der Waals surface area contributed by atoms with Crippen LogP contribution in [0.1, 0.15) is 11.1 Å². The lowest BCUT2D eigenvalue weighted by Crippen LogP contribution is -1.84. The number of aromatic amines is 1. The molecule has 0 aliphatic heterocycles. The predicted octanol–water partition coefficient (Wildman–Crippen LogP) is 2.24. The lowest BCUT2D eigenvalue weighted by Gasteiger charge is -1.95. The van der Waals surface area contributed by atoms with Gasteiger partial charge in [0.2, 0.25) is 0 Å². The molecule has 5 heteroatoms. The fourth-order valence-corrected chi connectivity index (χ4v) is 1.11. The maximum Gasteiger partial charge on any atom is 0.0522 e. The number of nitrogens with zero attached hydrogens (tertiary/aromatic N) is 2. The summed E-state index contributed by atoms with van der Waals surface area (Å²) in [4.78, 5) is 3.95. The molecular weight excluding hydrogens is 221 g/mol. The van der Waals surface area contributed by atoms with E-state index in [2.05, 4.69) is 15.2 Å². The standard InChI is InChI=1S/C9H9N3.2ClH/c1-3-10-4-2-8(1)5-9-6-11-12-7-9;;/h1-4,6-7H,5H2,(H,11,12);2*1H. The van der Waals surface area contributed by atoms with E-state index in [0.717, 1.165) is 6.42 Å². The van der Waals surface area contributed by atoms with Crippen molar-refractivity contribution >= 4 is 24.8 Å². The average molecular weight is 232 g/mol. The van der Waals surface area contributed by atoms with Crippen molar-refractivity contribution in [3.05, 3.63) is 48.0 Å².